The van der Waals surface area contributed by atoms with E-state index in [0.717, 1.165) is 5.75 Å². The number of nitrogens with zero attached hydrogens (tertiary/aromatic N) is 1. The molecule has 0 atom stereocenters. The van der Waals surface area contributed by atoms with Gasteiger partial charge < -0.3 is 9.84 Å². The van der Waals surface area contributed by atoms with Crippen molar-refractivity contribution >= 4 is 21.8 Å². The average Bonchev–Trinajstić information content (AvgIpc) is 2.45. The highest BCUT2D eigenvalue weighted by atomic mass is 32.2. The number of rotatable bonds is 8. The van der Waals surface area contributed by atoms with Gasteiger partial charge in [-0.25, -0.2) is 12.7 Å². The van der Waals surface area contributed by atoms with Crippen molar-refractivity contribution in [2.75, 3.05) is 32.2 Å². The van der Waals surface area contributed by atoms with Crippen LogP contribution in [-0.4, -0.2) is 50.0 Å². The summed E-state index contributed by atoms with van der Waals surface area (Å²) in [5, 5.41) is 9.32. The maximum Gasteiger partial charge on any atom is 0.242 e. The second-order valence-corrected chi connectivity index (χ2v) is 7.21. The van der Waals surface area contributed by atoms with Crippen LogP contribution in [0.5, 0.6) is 5.75 Å². The van der Waals surface area contributed by atoms with E-state index in [-0.39, 0.29) is 11.5 Å². The van der Waals surface area contributed by atoms with Crippen molar-refractivity contribution in [2.45, 2.75) is 18.4 Å². The fraction of sp³-hybridized carbons (Fsp3) is 0.538. The molecule has 0 amide bonds. The second kappa shape index (κ2) is 7.87. The van der Waals surface area contributed by atoms with Gasteiger partial charge in [0, 0.05) is 24.9 Å². The van der Waals surface area contributed by atoms with Crippen LogP contribution in [0.25, 0.3) is 0 Å². The number of ether oxygens (including phenoxy) is 1. The molecule has 0 spiro atoms. The molecule has 0 aromatic heterocycles. The van der Waals surface area contributed by atoms with E-state index in [0.29, 0.717) is 24.5 Å². The number of thioether (sulfide) groups is 1. The van der Waals surface area contributed by atoms with Gasteiger partial charge in [0.15, 0.2) is 0 Å². The molecule has 0 aliphatic rings. The van der Waals surface area contributed by atoms with E-state index in [1.54, 1.807) is 24.9 Å². The number of aliphatic hydroxyl groups excluding tert-OH is 1. The van der Waals surface area contributed by atoms with Gasteiger partial charge in [-0.05, 0) is 31.4 Å². The lowest BCUT2D eigenvalue weighted by Gasteiger charge is -2.18. The molecule has 20 heavy (non-hydrogen) atoms. The van der Waals surface area contributed by atoms with Gasteiger partial charge in [-0.2, -0.15) is 11.8 Å². The lowest BCUT2D eigenvalue weighted by Crippen LogP contribution is -2.29. The Hall–Kier alpha value is -0.760. The topological polar surface area (TPSA) is 66.8 Å². The predicted molar refractivity (Wildman–Crippen MR) is 81.7 cm³/mol. The summed E-state index contributed by atoms with van der Waals surface area (Å²) in [4.78, 5) is 0.175. The van der Waals surface area contributed by atoms with Crippen molar-refractivity contribution < 1.29 is 18.3 Å². The molecule has 7 heteroatoms. The van der Waals surface area contributed by atoms with Gasteiger partial charge in [0.25, 0.3) is 0 Å². The minimum Gasteiger partial charge on any atom is -0.494 e. The molecule has 0 radical (unpaired) electrons. The first-order valence-electron chi connectivity index (χ1n) is 6.29. The Morgan fingerprint density at radius 3 is 2.65 bits per heavy atom. The highest BCUT2D eigenvalue weighted by Crippen LogP contribution is 2.24. The number of hydrogen-bond acceptors (Lipinski definition) is 5. The third kappa shape index (κ3) is 4.12. The Labute approximate surface area is 125 Å². The highest BCUT2D eigenvalue weighted by Gasteiger charge is 2.21. The van der Waals surface area contributed by atoms with E-state index >= 15 is 0 Å². The zero-order valence-corrected chi connectivity index (χ0v) is 13.6. The van der Waals surface area contributed by atoms with E-state index in [2.05, 4.69) is 0 Å². The average molecular weight is 319 g/mol. The molecule has 0 saturated carbocycles. The van der Waals surface area contributed by atoms with Crippen LogP contribution >= 0.6 is 11.8 Å². The van der Waals surface area contributed by atoms with Crippen LogP contribution in [0.15, 0.2) is 23.1 Å². The fourth-order valence-corrected chi connectivity index (χ4v) is 3.45. The quantitative estimate of drug-likeness (QED) is 0.788. The van der Waals surface area contributed by atoms with Gasteiger partial charge in [0.05, 0.1) is 18.1 Å². The number of benzene rings is 1. The third-order valence-electron chi connectivity index (χ3n) is 2.82. The molecule has 1 rings (SSSR count). The van der Waals surface area contributed by atoms with Gasteiger partial charge in [-0.3, -0.25) is 0 Å². The van der Waals surface area contributed by atoms with E-state index < -0.39 is 10.0 Å². The number of aliphatic hydroxyl groups is 1. The fourth-order valence-electron chi connectivity index (χ4n) is 1.66. The highest BCUT2D eigenvalue weighted by molar-refractivity contribution is 7.98. The van der Waals surface area contributed by atoms with E-state index in [1.807, 2.05) is 13.2 Å². The van der Waals surface area contributed by atoms with Crippen LogP contribution in [0.2, 0.25) is 0 Å². The van der Waals surface area contributed by atoms with Gasteiger partial charge >= 0.3 is 0 Å². The first-order valence-corrected chi connectivity index (χ1v) is 9.12. The lowest BCUT2D eigenvalue weighted by molar-refractivity contribution is 0.266. The Morgan fingerprint density at radius 2 is 2.10 bits per heavy atom. The maximum absolute atomic E-state index is 12.4. The van der Waals surface area contributed by atoms with Gasteiger partial charge in [-0.1, -0.05) is 0 Å². The molecule has 1 aromatic rings. The Kier molecular flexibility index (Phi) is 6.81. The van der Waals surface area contributed by atoms with Crippen LogP contribution in [0.4, 0.5) is 0 Å². The zero-order chi connectivity index (χ0) is 15.2. The smallest absolute Gasteiger partial charge is 0.242 e. The molecule has 0 unspecified atom stereocenters. The summed E-state index contributed by atoms with van der Waals surface area (Å²) in [5.41, 5.74) is 0.478. The molecule has 1 N–H and O–H groups in total. The molecule has 0 aliphatic heterocycles. The summed E-state index contributed by atoms with van der Waals surface area (Å²) in [6.07, 6.45) is 1.93. The molecular formula is C13H21NO4S2. The van der Waals surface area contributed by atoms with Crippen LogP contribution in [0, 0.1) is 0 Å². The Bertz CT molecular complexity index is 531. The summed E-state index contributed by atoms with van der Waals surface area (Å²) in [6, 6.07) is 4.56. The summed E-state index contributed by atoms with van der Waals surface area (Å²) >= 11 is 1.59. The van der Waals surface area contributed by atoms with Crippen molar-refractivity contribution in [3.63, 3.8) is 0 Å². The summed E-state index contributed by atoms with van der Waals surface area (Å²) in [7, 11) is -1.97. The molecule has 0 aliphatic carbocycles. The monoisotopic (exact) mass is 319 g/mol. The summed E-state index contributed by atoms with van der Waals surface area (Å²) < 4.78 is 31.4. The normalized spacial score (nSPS) is 11.8. The van der Waals surface area contributed by atoms with Crippen molar-refractivity contribution in [1.29, 1.82) is 0 Å². The Morgan fingerprint density at radius 1 is 1.40 bits per heavy atom. The third-order valence-corrected chi connectivity index (χ3v) is 5.26. The second-order valence-electron chi connectivity index (χ2n) is 4.18. The standard InChI is InChI=1S/C13H21NO4S2/c1-4-18-13-6-5-12(9-11(13)10-15)20(16,17)14(2)7-8-19-3/h5-6,9,15H,4,7-8,10H2,1-3H3. The first kappa shape index (κ1) is 17.3. The molecule has 0 heterocycles. The van der Waals surface area contributed by atoms with Crippen LogP contribution in [-0.2, 0) is 16.6 Å². The zero-order valence-electron chi connectivity index (χ0n) is 12.0. The molecular weight excluding hydrogens is 298 g/mol. The lowest BCUT2D eigenvalue weighted by atomic mass is 10.2. The van der Waals surface area contributed by atoms with Crippen molar-refractivity contribution in [2.24, 2.45) is 0 Å². The molecule has 1 aromatic carbocycles. The first-order chi connectivity index (χ1) is 9.47. The van der Waals surface area contributed by atoms with Crippen LogP contribution in [0.3, 0.4) is 0 Å². The van der Waals surface area contributed by atoms with E-state index in [1.165, 1.54) is 16.4 Å². The SMILES string of the molecule is CCOc1ccc(S(=O)(=O)N(C)CCSC)cc1CO. The summed E-state index contributed by atoms with van der Waals surface area (Å²) in [6.45, 7) is 2.49. The molecule has 0 bridgehead atoms. The molecule has 0 fully saturated rings. The number of sulfonamides is 1. The molecule has 5 nitrogen and oxygen atoms in total. The van der Waals surface area contributed by atoms with Crippen LogP contribution in [0.1, 0.15) is 12.5 Å². The summed E-state index contributed by atoms with van der Waals surface area (Å²) in [5.74, 6) is 1.25. The number of hydrogen-bond donors (Lipinski definition) is 1. The Balaban J connectivity index is 3.06. The largest absolute Gasteiger partial charge is 0.494 e. The molecule has 0 saturated heterocycles. The van der Waals surface area contributed by atoms with Crippen molar-refractivity contribution in [3.05, 3.63) is 23.8 Å². The van der Waals surface area contributed by atoms with Gasteiger partial charge in [-0.15, -0.1) is 0 Å². The maximum atomic E-state index is 12.4. The van der Waals surface area contributed by atoms with E-state index in [4.69, 9.17) is 4.74 Å². The predicted octanol–water partition coefficient (Wildman–Crippen LogP) is 1.56. The van der Waals surface area contributed by atoms with Gasteiger partial charge in [0.1, 0.15) is 5.75 Å². The van der Waals surface area contributed by atoms with Gasteiger partial charge in [0.2, 0.25) is 10.0 Å². The van der Waals surface area contributed by atoms with Crippen LogP contribution < -0.4 is 4.74 Å². The van der Waals surface area contributed by atoms with Crippen molar-refractivity contribution in [1.82, 2.24) is 4.31 Å². The van der Waals surface area contributed by atoms with Crippen molar-refractivity contribution in [3.8, 4) is 5.75 Å². The molecule has 114 valence electrons. The minimum atomic E-state index is -3.52. The minimum absolute atomic E-state index is 0.175. The van der Waals surface area contributed by atoms with E-state index in [9.17, 15) is 13.5 Å².